The molecule has 136 valence electrons. The zero-order chi connectivity index (χ0) is 17.8. The van der Waals surface area contributed by atoms with Crippen molar-refractivity contribution in [3.8, 4) is 5.88 Å². The van der Waals surface area contributed by atoms with Gasteiger partial charge in [-0.15, -0.1) is 0 Å². The van der Waals surface area contributed by atoms with Crippen molar-refractivity contribution in [1.29, 1.82) is 0 Å². The molecule has 0 unspecified atom stereocenters. The summed E-state index contributed by atoms with van der Waals surface area (Å²) in [5, 5.41) is 0. The van der Waals surface area contributed by atoms with Crippen molar-refractivity contribution in [2.24, 2.45) is 5.41 Å². The summed E-state index contributed by atoms with van der Waals surface area (Å²) in [5.74, 6) is 0.704. The van der Waals surface area contributed by atoms with E-state index >= 15 is 0 Å². The molecule has 0 saturated carbocycles. The number of nitrogens with zero attached hydrogens (tertiary/aromatic N) is 3. The summed E-state index contributed by atoms with van der Waals surface area (Å²) in [7, 11) is 0. The van der Waals surface area contributed by atoms with Crippen molar-refractivity contribution in [3.05, 3.63) is 54.5 Å². The highest BCUT2D eigenvalue weighted by molar-refractivity contribution is 5.93. The van der Waals surface area contributed by atoms with E-state index in [0.717, 1.165) is 39.0 Å². The fourth-order valence-corrected chi connectivity index (χ4v) is 3.82. The molecule has 4 heterocycles. The molecule has 1 spiro atoms. The fraction of sp³-hybridized carbons (Fsp3) is 0.450. The number of pyridine rings is 2. The highest BCUT2D eigenvalue weighted by atomic mass is 16.5. The van der Waals surface area contributed by atoms with E-state index in [1.807, 2.05) is 29.2 Å². The maximum Gasteiger partial charge on any atom is 0.255 e. The van der Waals surface area contributed by atoms with Gasteiger partial charge in [0, 0.05) is 37.7 Å². The van der Waals surface area contributed by atoms with Gasteiger partial charge in [0.2, 0.25) is 5.88 Å². The van der Waals surface area contributed by atoms with Gasteiger partial charge in [-0.2, -0.15) is 0 Å². The lowest BCUT2D eigenvalue weighted by Gasteiger charge is -2.38. The number of amides is 1. The number of hydrogen-bond acceptors (Lipinski definition) is 5. The van der Waals surface area contributed by atoms with Crippen LogP contribution < -0.4 is 4.74 Å². The average Bonchev–Trinajstić information content (AvgIpc) is 3.10. The number of hydrogen-bond donors (Lipinski definition) is 0. The first-order chi connectivity index (χ1) is 12.7. The molecule has 4 rings (SSSR count). The Bertz CT molecular complexity index is 730. The van der Waals surface area contributed by atoms with Crippen molar-refractivity contribution >= 4 is 5.91 Å². The number of aromatic nitrogens is 2. The molecule has 2 aliphatic rings. The van der Waals surface area contributed by atoms with Crippen molar-refractivity contribution in [3.63, 3.8) is 0 Å². The van der Waals surface area contributed by atoms with Gasteiger partial charge in [-0.3, -0.25) is 9.78 Å². The van der Waals surface area contributed by atoms with Crippen LogP contribution in [0.5, 0.6) is 5.88 Å². The standard InChI is InChI=1S/C20H23N3O3/c24-19(16-4-3-8-21-13-16)23-10-6-20(7-11-23)12-17(26-15-20)14-25-18-5-1-2-9-22-18/h1-5,8-9,13,17H,6-7,10-12,14-15H2/t17-/m0/s1. The zero-order valence-corrected chi connectivity index (χ0v) is 14.7. The van der Waals surface area contributed by atoms with Gasteiger partial charge in [0.25, 0.3) is 5.91 Å². The number of carbonyl (C=O) groups is 1. The van der Waals surface area contributed by atoms with Crippen molar-refractivity contribution in [2.45, 2.75) is 25.4 Å². The summed E-state index contributed by atoms with van der Waals surface area (Å²) in [6.45, 7) is 2.81. The predicted molar refractivity (Wildman–Crippen MR) is 95.9 cm³/mol. The van der Waals surface area contributed by atoms with Gasteiger partial charge < -0.3 is 14.4 Å². The molecule has 1 atom stereocenters. The lowest BCUT2D eigenvalue weighted by atomic mass is 9.76. The highest BCUT2D eigenvalue weighted by Crippen LogP contribution is 2.42. The van der Waals surface area contributed by atoms with Crippen LogP contribution in [-0.2, 0) is 4.74 Å². The van der Waals surface area contributed by atoms with Crippen LogP contribution in [0.15, 0.2) is 48.9 Å². The van der Waals surface area contributed by atoms with Gasteiger partial charge in [-0.25, -0.2) is 4.98 Å². The van der Waals surface area contributed by atoms with Crippen molar-refractivity contribution in [2.75, 3.05) is 26.3 Å². The Hall–Kier alpha value is -2.47. The largest absolute Gasteiger partial charge is 0.475 e. The molecule has 2 aliphatic heterocycles. The van der Waals surface area contributed by atoms with Crippen LogP contribution in [0.25, 0.3) is 0 Å². The number of piperidine rings is 1. The molecular weight excluding hydrogens is 330 g/mol. The van der Waals surface area contributed by atoms with Gasteiger partial charge in [0.15, 0.2) is 0 Å². The van der Waals surface area contributed by atoms with Crippen LogP contribution in [0.1, 0.15) is 29.6 Å². The minimum Gasteiger partial charge on any atom is -0.475 e. The van der Waals surface area contributed by atoms with Crippen LogP contribution in [0.4, 0.5) is 0 Å². The first-order valence-electron chi connectivity index (χ1n) is 9.09. The molecule has 6 nitrogen and oxygen atoms in total. The summed E-state index contributed by atoms with van der Waals surface area (Å²) >= 11 is 0. The van der Waals surface area contributed by atoms with Crippen LogP contribution in [0, 0.1) is 5.41 Å². The molecular formula is C20H23N3O3. The second-order valence-corrected chi connectivity index (χ2v) is 7.15. The van der Waals surface area contributed by atoms with E-state index in [9.17, 15) is 4.79 Å². The summed E-state index contributed by atoms with van der Waals surface area (Å²) in [5.41, 5.74) is 0.830. The Morgan fingerprint density at radius 3 is 2.85 bits per heavy atom. The van der Waals surface area contributed by atoms with E-state index < -0.39 is 0 Å². The molecule has 0 radical (unpaired) electrons. The average molecular weight is 353 g/mol. The third-order valence-corrected chi connectivity index (χ3v) is 5.36. The van der Waals surface area contributed by atoms with Crippen LogP contribution in [-0.4, -0.2) is 53.2 Å². The lowest BCUT2D eigenvalue weighted by Crippen LogP contribution is -2.43. The quantitative estimate of drug-likeness (QED) is 0.845. The summed E-state index contributed by atoms with van der Waals surface area (Å²) < 4.78 is 11.7. The topological polar surface area (TPSA) is 64.6 Å². The molecule has 2 aromatic heterocycles. The Morgan fingerprint density at radius 1 is 1.23 bits per heavy atom. The zero-order valence-electron chi connectivity index (χ0n) is 14.7. The Balaban J connectivity index is 1.28. The monoisotopic (exact) mass is 353 g/mol. The molecule has 2 fully saturated rings. The van der Waals surface area contributed by atoms with E-state index in [1.165, 1.54) is 0 Å². The second kappa shape index (κ2) is 7.41. The summed E-state index contributed by atoms with van der Waals surface area (Å²) in [6.07, 6.45) is 8.06. The predicted octanol–water partition coefficient (Wildman–Crippen LogP) is 2.57. The number of carbonyl (C=O) groups excluding carboxylic acids is 1. The van der Waals surface area contributed by atoms with E-state index in [4.69, 9.17) is 9.47 Å². The maximum absolute atomic E-state index is 12.6. The lowest BCUT2D eigenvalue weighted by molar-refractivity contribution is 0.0422. The van der Waals surface area contributed by atoms with Crippen molar-refractivity contribution in [1.82, 2.24) is 14.9 Å². The number of likely N-dealkylation sites (tertiary alicyclic amines) is 1. The normalized spacial score (nSPS) is 21.7. The first-order valence-corrected chi connectivity index (χ1v) is 9.09. The van der Waals surface area contributed by atoms with Gasteiger partial charge >= 0.3 is 0 Å². The molecule has 0 N–H and O–H groups in total. The fourth-order valence-electron chi connectivity index (χ4n) is 3.82. The van der Waals surface area contributed by atoms with Crippen LogP contribution >= 0.6 is 0 Å². The molecule has 1 amide bonds. The van der Waals surface area contributed by atoms with E-state index in [-0.39, 0.29) is 17.4 Å². The molecule has 6 heteroatoms. The van der Waals surface area contributed by atoms with E-state index in [2.05, 4.69) is 9.97 Å². The minimum atomic E-state index is 0.0712. The SMILES string of the molecule is O=C(c1cccnc1)N1CCC2(CC1)CO[C@H](COc1ccccn1)C2. The molecule has 2 aromatic rings. The van der Waals surface area contributed by atoms with Gasteiger partial charge in [0.05, 0.1) is 18.3 Å². The minimum absolute atomic E-state index is 0.0712. The molecule has 0 aromatic carbocycles. The third-order valence-electron chi connectivity index (χ3n) is 5.36. The van der Waals surface area contributed by atoms with Crippen LogP contribution in [0.3, 0.4) is 0 Å². The number of ether oxygens (including phenoxy) is 2. The molecule has 26 heavy (non-hydrogen) atoms. The molecule has 2 saturated heterocycles. The second-order valence-electron chi connectivity index (χ2n) is 7.15. The summed E-state index contributed by atoms with van der Waals surface area (Å²) in [4.78, 5) is 22.7. The van der Waals surface area contributed by atoms with Gasteiger partial charge in [-0.1, -0.05) is 6.07 Å². The highest BCUT2D eigenvalue weighted by Gasteiger charge is 2.43. The third kappa shape index (κ3) is 3.70. The molecule has 0 bridgehead atoms. The van der Waals surface area contributed by atoms with Gasteiger partial charge in [-0.05, 0) is 42.9 Å². The van der Waals surface area contributed by atoms with E-state index in [1.54, 1.807) is 24.7 Å². The first kappa shape index (κ1) is 17.0. The van der Waals surface area contributed by atoms with Crippen LogP contribution in [0.2, 0.25) is 0 Å². The van der Waals surface area contributed by atoms with Crippen molar-refractivity contribution < 1.29 is 14.3 Å². The Labute approximate surface area is 153 Å². The summed E-state index contributed by atoms with van der Waals surface area (Å²) in [6, 6.07) is 9.26. The van der Waals surface area contributed by atoms with Gasteiger partial charge in [0.1, 0.15) is 6.61 Å². The number of rotatable bonds is 4. The maximum atomic E-state index is 12.6. The van der Waals surface area contributed by atoms with E-state index in [0.29, 0.717) is 18.1 Å². The smallest absolute Gasteiger partial charge is 0.255 e. The molecule has 0 aliphatic carbocycles. The Morgan fingerprint density at radius 2 is 2.12 bits per heavy atom. The Kier molecular flexibility index (Phi) is 4.84.